The van der Waals surface area contributed by atoms with E-state index in [2.05, 4.69) is 10.4 Å². The van der Waals surface area contributed by atoms with Gasteiger partial charge < -0.3 is 11.1 Å². The molecule has 0 aliphatic heterocycles. The molecule has 1 aromatic heterocycles. The van der Waals surface area contributed by atoms with Crippen LogP contribution in [0, 0.1) is 24.7 Å². The standard InChI is InChI=1S/C14H22N4O/c1-8-12(15)13(18(2)17-8)14(19)16-7-11(9-3-4-9)10-5-6-10/h9-11H,3-7,15H2,1-2H3,(H,16,19). The molecule has 1 amide bonds. The van der Waals surface area contributed by atoms with E-state index in [1.54, 1.807) is 11.7 Å². The minimum absolute atomic E-state index is 0.0908. The number of nitrogens with zero attached hydrogens (tertiary/aromatic N) is 2. The van der Waals surface area contributed by atoms with Crippen LogP contribution in [-0.2, 0) is 7.05 Å². The van der Waals surface area contributed by atoms with E-state index in [0.29, 0.717) is 23.0 Å². The maximum absolute atomic E-state index is 12.2. The topological polar surface area (TPSA) is 72.9 Å². The minimum atomic E-state index is -0.0908. The van der Waals surface area contributed by atoms with Gasteiger partial charge in [-0.2, -0.15) is 5.10 Å². The number of anilines is 1. The molecule has 5 nitrogen and oxygen atoms in total. The van der Waals surface area contributed by atoms with E-state index in [0.717, 1.165) is 18.4 Å². The molecule has 3 N–H and O–H groups in total. The number of aryl methyl sites for hydroxylation is 2. The fourth-order valence-electron chi connectivity index (χ4n) is 3.01. The molecule has 1 aromatic rings. The molecule has 0 saturated heterocycles. The summed E-state index contributed by atoms with van der Waals surface area (Å²) in [5, 5.41) is 7.24. The molecule has 2 aliphatic carbocycles. The Bertz CT molecular complexity index is 488. The molecule has 2 saturated carbocycles. The number of amides is 1. The van der Waals surface area contributed by atoms with Crippen molar-refractivity contribution in [3.05, 3.63) is 11.4 Å². The monoisotopic (exact) mass is 262 g/mol. The Balaban J connectivity index is 1.64. The summed E-state index contributed by atoms with van der Waals surface area (Å²) in [6, 6.07) is 0. The lowest BCUT2D eigenvalue weighted by Crippen LogP contribution is -2.32. The highest BCUT2D eigenvalue weighted by atomic mass is 16.2. The van der Waals surface area contributed by atoms with Crippen molar-refractivity contribution >= 4 is 11.6 Å². The van der Waals surface area contributed by atoms with E-state index in [-0.39, 0.29) is 5.91 Å². The first-order chi connectivity index (χ1) is 9.08. The van der Waals surface area contributed by atoms with Gasteiger partial charge in [-0.15, -0.1) is 0 Å². The quantitative estimate of drug-likeness (QED) is 0.844. The fourth-order valence-corrected chi connectivity index (χ4v) is 3.01. The second-order valence-corrected chi connectivity index (χ2v) is 6.02. The number of nitrogens with two attached hydrogens (primary N) is 1. The Morgan fingerprint density at radius 3 is 2.42 bits per heavy atom. The van der Waals surface area contributed by atoms with Gasteiger partial charge in [0.25, 0.3) is 5.91 Å². The van der Waals surface area contributed by atoms with Crippen LogP contribution < -0.4 is 11.1 Å². The molecule has 5 heteroatoms. The number of hydrogen-bond acceptors (Lipinski definition) is 3. The Labute approximate surface area is 113 Å². The van der Waals surface area contributed by atoms with E-state index in [4.69, 9.17) is 5.73 Å². The highest BCUT2D eigenvalue weighted by molar-refractivity contribution is 5.97. The van der Waals surface area contributed by atoms with Gasteiger partial charge in [-0.25, -0.2) is 0 Å². The molecule has 2 aliphatic rings. The van der Waals surface area contributed by atoms with E-state index in [1.165, 1.54) is 25.7 Å². The molecular weight excluding hydrogens is 240 g/mol. The number of rotatable bonds is 5. The lowest BCUT2D eigenvalue weighted by atomic mass is 9.98. The summed E-state index contributed by atoms with van der Waals surface area (Å²) in [6.07, 6.45) is 5.35. The van der Waals surface area contributed by atoms with E-state index in [9.17, 15) is 4.79 Å². The molecule has 0 radical (unpaired) electrons. The van der Waals surface area contributed by atoms with Gasteiger partial charge in [-0.05, 0) is 50.4 Å². The van der Waals surface area contributed by atoms with Crippen molar-refractivity contribution in [2.75, 3.05) is 12.3 Å². The molecule has 0 bridgehead atoms. The normalized spacial score (nSPS) is 18.9. The van der Waals surface area contributed by atoms with Crippen LogP contribution in [-0.4, -0.2) is 22.2 Å². The van der Waals surface area contributed by atoms with Crippen LogP contribution in [0.4, 0.5) is 5.69 Å². The molecule has 0 unspecified atom stereocenters. The zero-order valence-electron chi connectivity index (χ0n) is 11.6. The predicted molar refractivity (Wildman–Crippen MR) is 73.6 cm³/mol. The van der Waals surface area contributed by atoms with Gasteiger partial charge in [-0.1, -0.05) is 0 Å². The summed E-state index contributed by atoms with van der Waals surface area (Å²) in [5.41, 5.74) is 7.61. The first kappa shape index (κ1) is 12.5. The van der Waals surface area contributed by atoms with Crippen LogP contribution in [0.1, 0.15) is 41.9 Å². The van der Waals surface area contributed by atoms with E-state index < -0.39 is 0 Å². The summed E-state index contributed by atoms with van der Waals surface area (Å²) in [5.74, 6) is 2.28. The molecule has 104 valence electrons. The summed E-state index contributed by atoms with van der Waals surface area (Å²) in [7, 11) is 1.76. The van der Waals surface area contributed by atoms with Gasteiger partial charge in [0.05, 0.1) is 11.4 Å². The average Bonchev–Trinajstić information content (AvgIpc) is 3.23. The first-order valence-electron chi connectivity index (χ1n) is 7.15. The summed E-state index contributed by atoms with van der Waals surface area (Å²) < 4.78 is 1.57. The number of carbonyl (C=O) groups is 1. The fraction of sp³-hybridized carbons (Fsp3) is 0.714. The molecular formula is C14H22N4O. The summed E-state index contributed by atoms with van der Waals surface area (Å²) in [6.45, 7) is 2.61. The highest BCUT2D eigenvalue weighted by Crippen LogP contribution is 2.48. The van der Waals surface area contributed by atoms with Crippen molar-refractivity contribution in [2.45, 2.75) is 32.6 Å². The largest absolute Gasteiger partial charge is 0.395 e. The van der Waals surface area contributed by atoms with Crippen molar-refractivity contribution < 1.29 is 4.79 Å². The number of aromatic nitrogens is 2. The van der Waals surface area contributed by atoms with Crippen LogP contribution in [0.15, 0.2) is 0 Å². The highest BCUT2D eigenvalue weighted by Gasteiger charge is 2.41. The minimum Gasteiger partial charge on any atom is -0.395 e. The number of nitrogens with one attached hydrogen (secondary N) is 1. The van der Waals surface area contributed by atoms with Crippen LogP contribution in [0.5, 0.6) is 0 Å². The predicted octanol–water partition coefficient (Wildman–Crippen LogP) is 1.48. The third kappa shape index (κ3) is 2.46. The van der Waals surface area contributed by atoms with Crippen molar-refractivity contribution in [2.24, 2.45) is 24.8 Å². The number of hydrogen-bond donors (Lipinski definition) is 2. The van der Waals surface area contributed by atoms with Crippen LogP contribution >= 0.6 is 0 Å². The third-order valence-electron chi connectivity index (χ3n) is 4.44. The van der Waals surface area contributed by atoms with Crippen molar-refractivity contribution in [1.29, 1.82) is 0 Å². The first-order valence-corrected chi connectivity index (χ1v) is 7.15. The zero-order valence-corrected chi connectivity index (χ0v) is 11.6. The Morgan fingerprint density at radius 2 is 2.00 bits per heavy atom. The Morgan fingerprint density at radius 1 is 1.42 bits per heavy atom. The van der Waals surface area contributed by atoms with Gasteiger partial charge in [0, 0.05) is 13.6 Å². The zero-order chi connectivity index (χ0) is 13.6. The lowest BCUT2D eigenvalue weighted by molar-refractivity contribution is 0.0935. The molecule has 0 aromatic carbocycles. The Kier molecular flexibility index (Phi) is 2.99. The van der Waals surface area contributed by atoms with Crippen LogP contribution in [0.3, 0.4) is 0 Å². The van der Waals surface area contributed by atoms with Crippen molar-refractivity contribution in [3.63, 3.8) is 0 Å². The molecule has 3 rings (SSSR count). The third-order valence-corrected chi connectivity index (χ3v) is 4.44. The summed E-state index contributed by atoms with van der Waals surface area (Å²) in [4.78, 5) is 12.2. The Hall–Kier alpha value is -1.52. The lowest BCUT2D eigenvalue weighted by Gasteiger charge is -2.16. The second kappa shape index (κ2) is 4.54. The van der Waals surface area contributed by atoms with Gasteiger partial charge in [0.15, 0.2) is 0 Å². The molecule has 1 heterocycles. The van der Waals surface area contributed by atoms with E-state index in [1.807, 2.05) is 6.92 Å². The van der Waals surface area contributed by atoms with Crippen molar-refractivity contribution in [3.8, 4) is 0 Å². The van der Waals surface area contributed by atoms with Gasteiger partial charge in [-0.3, -0.25) is 9.48 Å². The average molecular weight is 262 g/mol. The molecule has 0 spiro atoms. The van der Waals surface area contributed by atoms with Crippen LogP contribution in [0.2, 0.25) is 0 Å². The van der Waals surface area contributed by atoms with Gasteiger partial charge in [0.2, 0.25) is 0 Å². The smallest absolute Gasteiger partial charge is 0.271 e. The van der Waals surface area contributed by atoms with E-state index >= 15 is 0 Å². The van der Waals surface area contributed by atoms with Crippen LogP contribution in [0.25, 0.3) is 0 Å². The number of nitrogen functional groups attached to an aromatic ring is 1. The SMILES string of the molecule is Cc1nn(C)c(C(=O)NCC(C2CC2)C2CC2)c1N. The number of carbonyl (C=O) groups excluding carboxylic acids is 1. The molecule has 2 fully saturated rings. The molecule has 0 atom stereocenters. The maximum atomic E-state index is 12.2. The van der Waals surface area contributed by atoms with Gasteiger partial charge >= 0.3 is 0 Å². The van der Waals surface area contributed by atoms with Gasteiger partial charge in [0.1, 0.15) is 5.69 Å². The summed E-state index contributed by atoms with van der Waals surface area (Å²) >= 11 is 0. The maximum Gasteiger partial charge on any atom is 0.271 e. The second-order valence-electron chi connectivity index (χ2n) is 6.02. The van der Waals surface area contributed by atoms with Crippen molar-refractivity contribution in [1.82, 2.24) is 15.1 Å². The molecule has 19 heavy (non-hydrogen) atoms.